The lowest BCUT2D eigenvalue weighted by Gasteiger charge is -2.36. The summed E-state index contributed by atoms with van der Waals surface area (Å²) >= 11 is 5.92. The van der Waals surface area contributed by atoms with E-state index in [4.69, 9.17) is 16.3 Å². The van der Waals surface area contributed by atoms with E-state index >= 15 is 0 Å². The fraction of sp³-hybridized carbons (Fsp3) is 0.412. The van der Waals surface area contributed by atoms with Gasteiger partial charge in [0.2, 0.25) is 0 Å². The molecule has 7 heteroatoms. The number of rotatable bonds is 6. The van der Waals surface area contributed by atoms with Gasteiger partial charge in [-0.2, -0.15) is 0 Å². The minimum atomic E-state index is -0.839. The van der Waals surface area contributed by atoms with E-state index in [0.717, 1.165) is 13.1 Å². The summed E-state index contributed by atoms with van der Waals surface area (Å²) in [5.41, 5.74) is -0.839. The first kappa shape index (κ1) is 16.8. The predicted molar refractivity (Wildman–Crippen MR) is 92.2 cm³/mol. The minimum Gasteiger partial charge on any atom is -0.477 e. The summed E-state index contributed by atoms with van der Waals surface area (Å²) in [5.74, 6) is 0.588. The van der Waals surface area contributed by atoms with Crippen LogP contribution in [0.25, 0.3) is 0 Å². The molecule has 1 aromatic carbocycles. The van der Waals surface area contributed by atoms with E-state index in [0.29, 0.717) is 36.7 Å². The Balaban J connectivity index is 1.65. The Kier molecular flexibility index (Phi) is 5.37. The monoisotopic (exact) mass is 348 g/mol. The Morgan fingerprint density at radius 1 is 1.33 bits per heavy atom. The molecule has 0 unspecified atom stereocenters. The molecule has 0 spiro atoms. The fourth-order valence-corrected chi connectivity index (χ4v) is 2.94. The highest BCUT2D eigenvalue weighted by Crippen LogP contribution is 2.27. The smallest absolute Gasteiger partial charge is 0.264 e. The summed E-state index contributed by atoms with van der Waals surface area (Å²) in [7, 11) is 0. The maximum atomic E-state index is 12.8. The lowest BCUT2D eigenvalue weighted by molar-refractivity contribution is -0.139. The summed E-state index contributed by atoms with van der Waals surface area (Å²) in [6.07, 6.45) is 6.59. The molecule has 1 fully saturated rings. The Labute approximate surface area is 146 Å². The average Bonchev–Trinajstić information content (AvgIpc) is 3.11. The minimum absolute atomic E-state index is 0.0703. The summed E-state index contributed by atoms with van der Waals surface area (Å²) in [4.78, 5) is 16.8. The summed E-state index contributed by atoms with van der Waals surface area (Å²) < 4.78 is 8.04. The number of carbonyl (C=O) groups is 1. The van der Waals surface area contributed by atoms with Gasteiger partial charge < -0.3 is 19.9 Å². The number of carbonyl (C=O) groups excluding carboxylic acids is 1. The number of hydrogen-bond acceptors (Lipinski definition) is 4. The first-order chi connectivity index (χ1) is 11.7. The number of nitrogens with zero attached hydrogens (tertiary/aromatic N) is 2. The topological polar surface area (TPSA) is 68.2 Å². The molecule has 1 aliphatic heterocycles. The van der Waals surface area contributed by atoms with Gasteiger partial charge in [-0.25, -0.2) is 4.98 Å². The van der Waals surface area contributed by atoms with Crippen molar-refractivity contribution in [2.75, 3.05) is 19.6 Å². The zero-order valence-corrected chi connectivity index (χ0v) is 14.1. The molecule has 0 bridgehead atoms. The van der Waals surface area contributed by atoms with Gasteiger partial charge in [-0.3, -0.25) is 4.79 Å². The molecule has 128 valence electrons. The Hall–Kier alpha value is -2.05. The molecule has 1 saturated heterocycles. The number of amides is 1. The van der Waals surface area contributed by atoms with E-state index in [1.165, 1.54) is 0 Å². The van der Waals surface area contributed by atoms with Crippen LogP contribution in [-0.4, -0.2) is 40.7 Å². The van der Waals surface area contributed by atoms with E-state index in [-0.39, 0.29) is 5.91 Å². The van der Waals surface area contributed by atoms with Crippen molar-refractivity contribution < 1.29 is 9.53 Å². The van der Waals surface area contributed by atoms with Crippen LogP contribution in [0, 0.1) is 0 Å². The van der Waals surface area contributed by atoms with Gasteiger partial charge in [-0.05, 0) is 37.4 Å². The van der Waals surface area contributed by atoms with Crippen molar-refractivity contribution in [3.63, 3.8) is 0 Å². The number of halogens is 1. The SMILES string of the molecule is O=C(NCCn1ccnc1)C1(Oc2ccc(Cl)cc2)CCNCC1. The van der Waals surface area contributed by atoms with E-state index in [9.17, 15) is 4.79 Å². The molecule has 3 rings (SSSR count). The summed E-state index contributed by atoms with van der Waals surface area (Å²) in [6, 6.07) is 7.13. The predicted octanol–water partition coefficient (Wildman–Crippen LogP) is 1.85. The standard InChI is InChI=1S/C17H21ClN4O2/c18-14-1-3-15(4-2-14)24-17(5-7-19-8-6-17)16(23)21-10-12-22-11-9-20-13-22/h1-4,9,11,13,19H,5-8,10,12H2,(H,21,23). The third kappa shape index (κ3) is 4.07. The van der Waals surface area contributed by atoms with Gasteiger partial charge >= 0.3 is 0 Å². The molecule has 2 heterocycles. The number of nitrogens with one attached hydrogen (secondary N) is 2. The number of piperidine rings is 1. The van der Waals surface area contributed by atoms with Gasteiger partial charge in [-0.15, -0.1) is 0 Å². The number of benzene rings is 1. The van der Waals surface area contributed by atoms with Crippen LogP contribution in [0.2, 0.25) is 5.02 Å². The zero-order chi connectivity index (χ0) is 16.8. The normalized spacial score (nSPS) is 16.5. The Morgan fingerprint density at radius 3 is 2.75 bits per heavy atom. The molecule has 0 radical (unpaired) electrons. The average molecular weight is 349 g/mol. The highest BCUT2D eigenvalue weighted by atomic mass is 35.5. The van der Waals surface area contributed by atoms with Gasteiger partial charge in [-0.1, -0.05) is 11.6 Å². The van der Waals surface area contributed by atoms with Crippen molar-refractivity contribution in [1.29, 1.82) is 0 Å². The Morgan fingerprint density at radius 2 is 2.08 bits per heavy atom. The van der Waals surface area contributed by atoms with E-state index in [2.05, 4.69) is 15.6 Å². The molecule has 1 aromatic heterocycles. The van der Waals surface area contributed by atoms with Crippen molar-refractivity contribution in [3.05, 3.63) is 48.0 Å². The number of hydrogen-bond donors (Lipinski definition) is 2. The highest BCUT2D eigenvalue weighted by molar-refractivity contribution is 6.30. The summed E-state index contributed by atoms with van der Waals surface area (Å²) in [5, 5.41) is 6.92. The van der Waals surface area contributed by atoms with Crippen LogP contribution in [-0.2, 0) is 11.3 Å². The van der Waals surface area contributed by atoms with E-state index in [1.807, 2.05) is 10.8 Å². The molecule has 2 N–H and O–H groups in total. The molecule has 1 amide bonds. The maximum Gasteiger partial charge on any atom is 0.264 e. The molecular formula is C17H21ClN4O2. The lowest BCUT2D eigenvalue weighted by atomic mass is 9.91. The second-order valence-corrected chi connectivity index (χ2v) is 6.29. The molecule has 0 saturated carbocycles. The van der Waals surface area contributed by atoms with Crippen LogP contribution in [0.4, 0.5) is 0 Å². The van der Waals surface area contributed by atoms with E-state index < -0.39 is 5.60 Å². The van der Waals surface area contributed by atoms with Crippen molar-refractivity contribution in [3.8, 4) is 5.75 Å². The summed E-state index contributed by atoms with van der Waals surface area (Å²) in [6.45, 7) is 2.72. The van der Waals surface area contributed by atoms with Crippen molar-refractivity contribution in [2.45, 2.75) is 25.0 Å². The second-order valence-electron chi connectivity index (χ2n) is 5.86. The first-order valence-electron chi connectivity index (χ1n) is 8.07. The Bertz CT molecular complexity index is 652. The van der Waals surface area contributed by atoms with Crippen molar-refractivity contribution in [2.24, 2.45) is 0 Å². The van der Waals surface area contributed by atoms with Crippen LogP contribution in [0.5, 0.6) is 5.75 Å². The molecule has 2 aromatic rings. The second kappa shape index (κ2) is 7.68. The number of ether oxygens (including phenoxy) is 1. The van der Waals surface area contributed by atoms with Crippen LogP contribution < -0.4 is 15.4 Å². The molecule has 1 aliphatic rings. The van der Waals surface area contributed by atoms with Gasteiger partial charge in [0.25, 0.3) is 5.91 Å². The molecule has 0 atom stereocenters. The van der Waals surface area contributed by atoms with Gasteiger partial charge in [0, 0.05) is 43.3 Å². The molecular weight excluding hydrogens is 328 g/mol. The van der Waals surface area contributed by atoms with E-state index in [1.54, 1.807) is 36.8 Å². The quantitative estimate of drug-likeness (QED) is 0.836. The third-order valence-corrected chi connectivity index (χ3v) is 4.42. The number of aromatic nitrogens is 2. The van der Waals surface area contributed by atoms with Gasteiger partial charge in [0.1, 0.15) is 5.75 Å². The molecule has 6 nitrogen and oxygen atoms in total. The lowest BCUT2D eigenvalue weighted by Crippen LogP contribution is -2.57. The molecule has 24 heavy (non-hydrogen) atoms. The fourth-order valence-electron chi connectivity index (χ4n) is 2.81. The maximum absolute atomic E-state index is 12.8. The van der Waals surface area contributed by atoms with Crippen LogP contribution in [0.1, 0.15) is 12.8 Å². The van der Waals surface area contributed by atoms with Crippen LogP contribution in [0.3, 0.4) is 0 Å². The van der Waals surface area contributed by atoms with Crippen LogP contribution >= 0.6 is 11.6 Å². The zero-order valence-electron chi connectivity index (χ0n) is 13.4. The first-order valence-corrected chi connectivity index (χ1v) is 8.45. The largest absolute Gasteiger partial charge is 0.477 e. The number of imidazole rings is 1. The molecule has 0 aliphatic carbocycles. The van der Waals surface area contributed by atoms with Gasteiger partial charge in [0.05, 0.1) is 6.33 Å². The van der Waals surface area contributed by atoms with Crippen molar-refractivity contribution >= 4 is 17.5 Å². The van der Waals surface area contributed by atoms with Crippen molar-refractivity contribution in [1.82, 2.24) is 20.2 Å². The van der Waals surface area contributed by atoms with Crippen LogP contribution in [0.15, 0.2) is 43.0 Å². The third-order valence-electron chi connectivity index (χ3n) is 4.17. The van der Waals surface area contributed by atoms with Gasteiger partial charge in [0.15, 0.2) is 5.60 Å². The highest BCUT2D eigenvalue weighted by Gasteiger charge is 2.41.